The van der Waals surface area contributed by atoms with E-state index in [0.29, 0.717) is 12.5 Å². The van der Waals surface area contributed by atoms with Crippen molar-refractivity contribution >= 4 is 5.91 Å². The highest BCUT2D eigenvalue weighted by molar-refractivity contribution is 5.77. The molecule has 5 heteroatoms. The Hall–Kier alpha value is -1.43. The number of hydrogen-bond donors (Lipinski definition) is 0. The molecule has 0 aromatic heterocycles. The number of rotatable bonds is 6. The Bertz CT molecular complexity index is 503. The Morgan fingerprint density at radius 2 is 2.04 bits per heavy atom. The van der Waals surface area contributed by atoms with Crippen LogP contribution in [0.1, 0.15) is 18.4 Å². The number of hydrogen-bond acceptors (Lipinski definition) is 4. The van der Waals surface area contributed by atoms with Crippen LogP contribution in [-0.2, 0) is 20.9 Å². The molecule has 5 nitrogen and oxygen atoms in total. The van der Waals surface area contributed by atoms with E-state index in [1.165, 1.54) is 6.42 Å². The molecule has 0 bridgehead atoms. The summed E-state index contributed by atoms with van der Waals surface area (Å²) >= 11 is 0. The first kappa shape index (κ1) is 17.4. The molecule has 2 heterocycles. The van der Waals surface area contributed by atoms with E-state index in [2.05, 4.69) is 4.90 Å². The third-order valence-electron chi connectivity index (χ3n) is 4.82. The highest BCUT2D eigenvalue weighted by atomic mass is 16.5. The van der Waals surface area contributed by atoms with Crippen molar-refractivity contribution in [2.24, 2.45) is 5.92 Å². The van der Waals surface area contributed by atoms with Crippen LogP contribution in [0.2, 0.25) is 0 Å². The van der Waals surface area contributed by atoms with Gasteiger partial charge in [-0.05, 0) is 30.9 Å². The molecule has 1 unspecified atom stereocenters. The van der Waals surface area contributed by atoms with Gasteiger partial charge in [-0.3, -0.25) is 4.79 Å². The lowest BCUT2D eigenvalue weighted by Gasteiger charge is -2.23. The zero-order valence-electron chi connectivity index (χ0n) is 14.4. The molecule has 1 aromatic carbocycles. The Morgan fingerprint density at radius 3 is 2.83 bits per heavy atom. The fourth-order valence-electron chi connectivity index (χ4n) is 3.42. The lowest BCUT2D eigenvalue weighted by Crippen LogP contribution is -2.38. The highest BCUT2D eigenvalue weighted by Crippen LogP contribution is 2.15. The van der Waals surface area contributed by atoms with E-state index >= 15 is 0 Å². The topological polar surface area (TPSA) is 42.0 Å². The van der Waals surface area contributed by atoms with Crippen LogP contribution >= 0.6 is 0 Å². The molecular weight excluding hydrogens is 304 g/mol. The lowest BCUT2D eigenvalue weighted by molar-refractivity contribution is -0.136. The van der Waals surface area contributed by atoms with Gasteiger partial charge in [-0.2, -0.15) is 0 Å². The predicted octanol–water partition coefficient (Wildman–Crippen LogP) is 1.77. The van der Waals surface area contributed by atoms with Crippen LogP contribution in [0.4, 0.5) is 0 Å². The maximum absolute atomic E-state index is 12.4. The van der Waals surface area contributed by atoms with E-state index in [9.17, 15) is 4.79 Å². The van der Waals surface area contributed by atoms with Gasteiger partial charge >= 0.3 is 0 Å². The van der Waals surface area contributed by atoms with Gasteiger partial charge in [0.15, 0.2) is 0 Å². The van der Waals surface area contributed by atoms with Crippen molar-refractivity contribution in [1.29, 1.82) is 0 Å². The van der Waals surface area contributed by atoms with E-state index in [4.69, 9.17) is 9.47 Å². The Labute approximate surface area is 144 Å². The Balaban J connectivity index is 1.37. The van der Waals surface area contributed by atoms with E-state index in [0.717, 1.165) is 57.9 Å². The summed E-state index contributed by atoms with van der Waals surface area (Å²) < 4.78 is 11.1. The second-order valence-electron chi connectivity index (χ2n) is 6.74. The van der Waals surface area contributed by atoms with Gasteiger partial charge in [-0.1, -0.05) is 30.3 Å². The van der Waals surface area contributed by atoms with E-state index in [1.54, 1.807) is 0 Å². The number of amides is 1. The first-order valence-corrected chi connectivity index (χ1v) is 9.01. The molecule has 1 aromatic rings. The fourth-order valence-corrected chi connectivity index (χ4v) is 3.42. The standard InChI is InChI=1S/C19H28N2O3/c22-19(16-24-14-17-5-2-1-3-6-17)21-9-4-8-20(10-11-21)13-18-7-12-23-15-18/h1-3,5-6,18H,4,7-16H2. The van der Waals surface area contributed by atoms with Gasteiger partial charge in [0.2, 0.25) is 5.91 Å². The molecule has 3 rings (SSSR count). The maximum atomic E-state index is 12.4. The third-order valence-corrected chi connectivity index (χ3v) is 4.82. The molecule has 2 fully saturated rings. The molecule has 0 radical (unpaired) electrons. The molecule has 24 heavy (non-hydrogen) atoms. The first-order chi connectivity index (χ1) is 11.8. The zero-order valence-corrected chi connectivity index (χ0v) is 14.4. The van der Waals surface area contributed by atoms with Gasteiger partial charge in [-0.25, -0.2) is 0 Å². The second-order valence-corrected chi connectivity index (χ2v) is 6.74. The maximum Gasteiger partial charge on any atom is 0.248 e. The van der Waals surface area contributed by atoms with Crippen LogP contribution in [0.5, 0.6) is 0 Å². The SMILES string of the molecule is O=C(COCc1ccccc1)N1CCCN(CC2CCOC2)CC1. The van der Waals surface area contributed by atoms with Crippen molar-refractivity contribution in [1.82, 2.24) is 9.80 Å². The number of benzene rings is 1. The molecule has 0 aliphatic carbocycles. The summed E-state index contributed by atoms with van der Waals surface area (Å²) in [5.41, 5.74) is 1.10. The molecule has 132 valence electrons. The third kappa shape index (κ3) is 5.30. The quantitative estimate of drug-likeness (QED) is 0.796. The molecule has 2 aliphatic rings. The molecule has 1 amide bonds. The van der Waals surface area contributed by atoms with Crippen molar-refractivity contribution in [3.05, 3.63) is 35.9 Å². The van der Waals surface area contributed by atoms with Gasteiger partial charge in [0.25, 0.3) is 0 Å². The predicted molar refractivity (Wildman–Crippen MR) is 92.7 cm³/mol. The summed E-state index contributed by atoms with van der Waals surface area (Å²) in [4.78, 5) is 16.8. The fraction of sp³-hybridized carbons (Fsp3) is 0.632. The smallest absolute Gasteiger partial charge is 0.248 e. The average molecular weight is 332 g/mol. The van der Waals surface area contributed by atoms with Crippen LogP contribution in [0.3, 0.4) is 0 Å². The summed E-state index contributed by atoms with van der Waals surface area (Å²) in [7, 11) is 0. The summed E-state index contributed by atoms with van der Waals surface area (Å²) in [6, 6.07) is 9.98. The number of carbonyl (C=O) groups excluding carboxylic acids is 1. The van der Waals surface area contributed by atoms with Gasteiger partial charge < -0.3 is 19.3 Å². The lowest BCUT2D eigenvalue weighted by atomic mass is 10.1. The van der Waals surface area contributed by atoms with Crippen molar-refractivity contribution in [3.63, 3.8) is 0 Å². The molecular formula is C19H28N2O3. The van der Waals surface area contributed by atoms with Crippen molar-refractivity contribution in [2.45, 2.75) is 19.4 Å². The van der Waals surface area contributed by atoms with E-state index < -0.39 is 0 Å². The summed E-state index contributed by atoms with van der Waals surface area (Å²) in [6.45, 7) is 7.25. The van der Waals surface area contributed by atoms with E-state index in [1.807, 2.05) is 35.2 Å². The number of ether oxygens (including phenoxy) is 2. The van der Waals surface area contributed by atoms with Crippen LogP contribution in [0.15, 0.2) is 30.3 Å². The molecule has 2 saturated heterocycles. The summed E-state index contributed by atoms with van der Waals surface area (Å²) in [5, 5.41) is 0. The molecule has 0 spiro atoms. The molecule has 1 atom stereocenters. The van der Waals surface area contributed by atoms with Gasteiger partial charge in [-0.15, -0.1) is 0 Å². The minimum absolute atomic E-state index is 0.108. The zero-order chi connectivity index (χ0) is 16.6. The first-order valence-electron chi connectivity index (χ1n) is 9.01. The van der Waals surface area contributed by atoms with Crippen LogP contribution in [-0.4, -0.2) is 68.3 Å². The highest BCUT2D eigenvalue weighted by Gasteiger charge is 2.23. The monoisotopic (exact) mass is 332 g/mol. The summed E-state index contributed by atoms with van der Waals surface area (Å²) in [6.07, 6.45) is 2.21. The number of nitrogens with zero attached hydrogens (tertiary/aromatic N) is 2. The Morgan fingerprint density at radius 1 is 1.17 bits per heavy atom. The van der Waals surface area contributed by atoms with Crippen LogP contribution < -0.4 is 0 Å². The van der Waals surface area contributed by atoms with E-state index in [-0.39, 0.29) is 12.5 Å². The van der Waals surface area contributed by atoms with Gasteiger partial charge in [0.05, 0.1) is 13.2 Å². The normalized spacial score (nSPS) is 22.5. The molecule has 0 N–H and O–H groups in total. The number of carbonyl (C=O) groups is 1. The second kappa shape index (κ2) is 9.16. The Kier molecular flexibility index (Phi) is 6.64. The van der Waals surface area contributed by atoms with Gasteiger partial charge in [0.1, 0.15) is 6.61 Å². The van der Waals surface area contributed by atoms with Crippen molar-refractivity contribution in [2.75, 3.05) is 52.5 Å². The molecule has 0 saturated carbocycles. The van der Waals surface area contributed by atoms with Gasteiger partial charge in [0, 0.05) is 32.8 Å². The average Bonchev–Trinajstić information content (AvgIpc) is 3.00. The molecule has 2 aliphatic heterocycles. The van der Waals surface area contributed by atoms with Crippen LogP contribution in [0.25, 0.3) is 0 Å². The van der Waals surface area contributed by atoms with Crippen LogP contribution in [0, 0.1) is 5.92 Å². The van der Waals surface area contributed by atoms with Crippen molar-refractivity contribution in [3.8, 4) is 0 Å². The minimum atomic E-state index is 0.108. The summed E-state index contributed by atoms with van der Waals surface area (Å²) in [5.74, 6) is 0.776. The minimum Gasteiger partial charge on any atom is -0.381 e. The van der Waals surface area contributed by atoms with Crippen molar-refractivity contribution < 1.29 is 14.3 Å². The largest absolute Gasteiger partial charge is 0.381 e.